The van der Waals surface area contributed by atoms with Crippen molar-refractivity contribution in [2.75, 3.05) is 6.54 Å². The Bertz CT molecular complexity index is 1280. The maximum Gasteiger partial charge on any atom is 0.251 e. The second-order valence-electron chi connectivity index (χ2n) is 9.95. The number of amides is 3. The summed E-state index contributed by atoms with van der Waals surface area (Å²) >= 11 is 1.55. The van der Waals surface area contributed by atoms with Crippen LogP contribution in [0.3, 0.4) is 0 Å². The minimum Gasteiger partial charge on any atom is -0.457 e. The van der Waals surface area contributed by atoms with E-state index in [2.05, 4.69) is 10.6 Å². The molecule has 4 rings (SSSR count). The number of hydrogen-bond donors (Lipinski definition) is 4. The fourth-order valence-electron chi connectivity index (χ4n) is 4.95. The molecule has 3 unspecified atom stereocenters. The van der Waals surface area contributed by atoms with Gasteiger partial charge in [0.2, 0.25) is 11.8 Å². The van der Waals surface area contributed by atoms with E-state index in [1.54, 1.807) is 40.9 Å². The van der Waals surface area contributed by atoms with Crippen LogP contribution in [0.5, 0.6) is 11.5 Å². The van der Waals surface area contributed by atoms with Crippen molar-refractivity contribution in [2.45, 2.75) is 62.9 Å². The van der Waals surface area contributed by atoms with Crippen LogP contribution in [-0.2, 0) is 9.59 Å². The fraction of sp³-hybridized carbons (Fsp3) is 0.379. The van der Waals surface area contributed by atoms with Gasteiger partial charge in [-0.2, -0.15) is 0 Å². The summed E-state index contributed by atoms with van der Waals surface area (Å²) in [5, 5.41) is 15.3. The predicted octanol–water partition coefficient (Wildman–Crippen LogP) is 3.95. The zero-order valence-corrected chi connectivity index (χ0v) is 23.3. The number of rotatable bonds is 10. The Kier molecular flexibility index (Phi) is 9.46. The number of amidine groups is 1. The van der Waals surface area contributed by atoms with Crippen molar-refractivity contribution >= 4 is 35.3 Å². The number of carbonyl (C=O) groups excluding carboxylic acids is 3. The van der Waals surface area contributed by atoms with Gasteiger partial charge in [-0.3, -0.25) is 19.8 Å². The first kappa shape index (κ1) is 29.1. The predicted molar refractivity (Wildman–Crippen MR) is 153 cm³/mol. The lowest BCUT2D eigenvalue weighted by Gasteiger charge is -2.31. The summed E-state index contributed by atoms with van der Waals surface area (Å²) in [5.41, 5.74) is 6.71. The molecule has 0 aromatic heterocycles. The summed E-state index contributed by atoms with van der Waals surface area (Å²) in [6, 6.07) is 11.1. The van der Waals surface area contributed by atoms with Crippen LogP contribution < -0.4 is 21.1 Å². The van der Waals surface area contributed by atoms with E-state index in [0.29, 0.717) is 42.7 Å². The highest BCUT2D eigenvalue weighted by molar-refractivity contribution is 8.03. The molecule has 4 atom stereocenters. The van der Waals surface area contributed by atoms with Crippen LogP contribution in [0.1, 0.15) is 49.9 Å². The van der Waals surface area contributed by atoms with Gasteiger partial charge in [-0.1, -0.05) is 6.92 Å². The van der Waals surface area contributed by atoms with Crippen LogP contribution in [0.15, 0.2) is 59.5 Å². The maximum absolute atomic E-state index is 13.2. The van der Waals surface area contributed by atoms with Gasteiger partial charge >= 0.3 is 0 Å². The van der Waals surface area contributed by atoms with E-state index in [4.69, 9.17) is 15.9 Å². The number of hydrogen-bond acceptors (Lipinski definition) is 6. The number of halogens is 1. The van der Waals surface area contributed by atoms with Crippen LogP contribution in [0, 0.1) is 11.2 Å². The molecule has 1 saturated heterocycles. The number of ether oxygens (including phenoxy) is 1. The molecule has 2 aliphatic rings. The maximum atomic E-state index is 13.2. The summed E-state index contributed by atoms with van der Waals surface area (Å²) in [6.45, 7) is 3.67. The summed E-state index contributed by atoms with van der Waals surface area (Å²) in [5.74, 6) is -0.310. The number of nitrogens with two attached hydrogens (primary N) is 1. The molecule has 2 aromatic rings. The molecular weight excluding hydrogens is 533 g/mol. The molecule has 40 heavy (non-hydrogen) atoms. The molecule has 5 N–H and O–H groups in total. The zero-order chi connectivity index (χ0) is 28.8. The average Bonchev–Trinajstić information content (AvgIpc) is 3.61. The molecule has 2 aliphatic heterocycles. The standard InChI is InChI=1S/C29H34FN5O4S/c1-3-21-8-13-24(29(38)34-17(2)25-14-19(16-40-25)27(31)32)35(21)26(36)15-33-28(37)18-4-9-22(10-5-18)39-23-11-6-20(30)7-12-23/h4-7,9-12,16-17,21,24-25H,3,8,13-15H2,1-2H3,(H3,31,32)(H,33,37)(H,34,38)/t17-,21?,24?,25?/m1/s1. The largest absolute Gasteiger partial charge is 0.457 e. The number of nitrogens with one attached hydrogen (secondary N) is 3. The van der Waals surface area contributed by atoms with Crippen molar-refractivity contribution in [1.29, 1.82) is 5.41 Å². The Morgan fingerprint density at radius 1 is 1.12 bits per heavy atom. The van der Waals surface area contributed by atoms with Gasteiger partial charge in [0.1, 0.15) is 29.2 Å². The summed E-state index contributed by atoms with van der Waals surface area (Å²) < 4.78 is 18.7. The van der Waals surface area contributed by atoms with Crippen LogP contribution in [0.4, 0.5) is 4.39 Å². The van der Waals surface area contributed by atoms with Crippen LogP contribution >= 0.6 is 11.8 Å². The lowest BCUT2D eigenvalue weighted by atomic mass is 10.1. The van der Waals surface area contributed by atoms with E-state index in [9.17, 15) is 18.8 Å². The first-order valence-electron chi connectivity index (χ1n) is 13.3. The Morgan fingerprint density at radius 2 is 1.77 bits per heavy atom. The molecule has 9 nitrogen and oxygen atoms in total. The molecule has 0 bridgehead atoms. The van der Waals surface area contributed by atoms with Crippen LogP contribution in [0.2, 0.25) is 0 Å². The molecule has 11 heteroatoms. The normalized spacial score (nSPS) is 20.9. The number of benzene rings is 2. The molecule has 0 saturated carbocycles. The lowest BCUT2D eigenvalue weighted by Crippen LogP contribution is -2.53. The summed E-state index contributed by atoms with van der Waals surface area (Å²) in [6.07, 6.45) is 2.59. The Labute approximate surface area is 237 Å². The second-order valence-corrected chi connectivity index (χ2v) is 11.1. The minimum absolute atomic E-state index is 0.0446. The third-order valence-corrected chi connectivity index (χ3v) is 8.56. The summed E-state index contributed by atoms with van der Waals surface area (Å²) in [7, 11) is 0. The fourth-order valence-corrected chi connectivity index (χ4v) is 6.09. The highest BCUT2D eigenvalue weighted by Gasteiger charge is 2.40. The molecular formula is C29H34FN5O4S. The van der Waals surface area contributed by atoms with Gasteiger partial charge in [-0.25, -0.2) is 4.39 Å². The van der Waals surface area contributed by atoms with Gasteiger partial charge < -0.3 is 26.0 Å². The van der Waals surface area contributed by atoms with Crippen molar-refractivity contribution in [3.8, 4) is 11.5 Å². The third kappa shape index (κ3) is 7.01. The Balaban J connectivity index is 1.31. The van der Waals surface area contributed by atoms with Crippen molar-refractivity contribution < 1.29 is 23.5 Å². The quantitative estimate of drug-likeness (QED) is 0.253. The van der Waals surface area contributed by atoms with Gasteiger partial charge in [0.05, 0.1) is 6.54 Å². The zero-order valence-electron chi connectivity index (χ0n) is 22.5. The first-order chi connectivity index (χ1) is 19.2. The first-order valence-corrected chi connectivity index (χ1v) is 14.2. The Morgan fingerprint density at radius 3 is 2.38 bits per heavy atom. The van der Waals surface area contributed by atoms with E-state index in [1.165, 1.54) is 24.3 Å². The van der Waals surface area contributed by atoms with Gasteiger partial charge in [-0.15, -0.1) is 11.8 Å². The number of thioether (sulfide) groups is 1. The van der Waals surface area contributed by atoms with Crippen LogP contribution in [-0.4, -0.2) is 58.4 Å². The Hall–Kier alpha value is -3.86. The molecule has 2 heterocycles. The van der Waals surface area contributed by atoms with Crippen molar-refractivity contribution in [3.63, 3.8) is 0 Å². The van der Waals surface area contributed by atoms with E-state index in [0.717, 1.165) is 5.57 Å². The summed E-state index contributed by atoms with van der Waals surface area (Å²) in [4.78, 5) is 40.8. The number of nitrogens with zero attached hydrogens (tertiary/aromatic N) is 1. The van der Waals surface area contributed by atoms with Gasteiger partial charge in [0.25, 0.3) is 5.91 Å². The van der Waals surface area contributed by atoms with Gasteiger partial charge in [-0.05, 0) is 86.5 Å². The molecule has 0 spiro atoms. The molecule has 1 fully saturated rings. The molecule has 212 valence electrons. The topological polar surface area (TPSA) is 138 Å². The van der Waals surface area contributed by atoms with Gasteiger partial charge in [0, 0.05) is 28.5 Å². The molecule has 0 radical (unpaired) electrons. The monoisotopic (exact) mass is 567 g/mol. The molecule has 3 amide bonds. The van der Waals surface area contributed by atoms with E-state index in [1.807, 2.05) is 19.3 Å². The smallest absolute Gasteiger partial charge is 0.251 e. The highest BCUT2D eigenvalue weighted by atomic mass is 32.2. The van der Waals surface area contributed by atoms with Gasteiger partial charge in [0.15, 0.2) is 0 Å². The minimum atomic E-state index is -0.605. The van der Waals surface area contributed by atoms with Crippen molar-refractivity contribution in [3.05, 3.63) is 70.9 Å². The van der Waals surface area contributed by atoms with Crippen molar-refractivity contribution in [2.24, 2.45) is 5.73 Å². The lowest BCUT2D eigenvalue weighted by molar-refractivity contribution is -0.139. The molecule has 0 aliphatic carbocycles. The van der Waals surface area contributed by atoms with E-state index >= 15 is 0 Å². The third-order valence-electron chi connectivity index (χ3n) is 7.21. The van der Waals surface area contributed by atoms with E-state index < -0.39 is 11.9 Å². The van der Waals surface area contributed by atoms with Crippen molar-refractivity contribution in [1.82, 2.24) is 15.5 Å². The number of carbonyl (C=O) groups is 3. The highest BCUT2D eigenvalue weighted by Crippen LogP contribution is 2.33. The van der Waals surface area contributed by atoms with E-state index in [-0.39, 0.29) is 47.3 Å². The molecule has 2 aromatic carbocycles. The average molecular weight is 568 g/mol. The SMILES string of the molecule is CCC1CCC(C(=O)N[C@H](C)C2CC(C(=N)N)=CS2)N1C(=O)CNC(=O)c1ccc(Oc2ccc(F)cc2)cc1. The van der Waals surface area contributed by atoms with Crippen LogP contribution in [0.25, 0.3) is 0 Å². The second kappa shape index (κ2) is 13.0. The number of likely N-dealkylation sites (tertiary alicyclic amines) is 1.